The van der Waals surface area contributed by atoms with Crippen LogP contribution in [0.2, 0.25) is 0 Å². The van der Waals surface area contributed by atoms with E-state index < -0.39 is 0 Å². The Bertz CT molecular complexity index is 3520. The van der Waals surface area contributed by atoms with Crippen molar-refractivity contribution in [1.29, 1.82) is 0 Å². The minimum atomic E-state index is 0.639. The van der Waals surface area contributed by atoms with Gasteiger partial charge in [-0.1, -0.05) is 140 Å². The summed E-state index contributed by atoms with van der Waals surface area (Å²) in [6.45, 7) is 0. The maximum Gasteiger partial charge on any atom is 0.164 e. The van der Waals surface area contributed by atoms with E-state index in [4.69, 9.17) is 19.4 Å². The number of fused-ring (bicyclic) bond motifs is 8. The van der Waals surface area contributed by atoms with E-state index in [2.05, 4.69) is 138 Å². The van der Waals surface area contributed by atoms with Crippen molar-refractivity contribution in [2.24, 2.45) is 0 Å². The SMILES string of the molecule is c1ccc(-c2nc(-c3ccccc3)nc(-c3ccc4c(-c5ccc(N(c6ccccc6)c6ccc7c(c6)oc6ccccc67)cc5)cc5c6ccccc6sc5c4c3)n2)cc1. The predicted molar refractivity (Wildman–Crippen MR) is 254 cm³/mol. The van der Waals surface area contributed by atoms with Gasteiger partial charge in [0.1, 0.15) is 11.2 Å². The van der Waals surface area contributed by atoms with E-state index in [-0.39, 0.29) is 0 Å². The van der Waals surface area contributed by atoms with E-state index in [1.54, 1.807) is 0 Å². The van der Waals surface area contributed by atoms with E-state index in [1.807, 2.05) is 84.1 Å². The van der Waals surface area contributed by atoms with Crippen molar-refractivity contribution in [3.8, 4) is 45.3 Å². The van der Waals surface area contributed by atoms with Crippen LogP contribution in [0.4, 0.5) is 17.1 Å². The first-order chi connectivity index (χ1) is 30.2. The van der Waals surface area contributed by atoms with Crippen LogP contribution in [0.25, 0.3) is 98.2 Å². The quantitative estimate of drug-likeness (QED) is 0.161. The second-order valence-corrected chi connectivity index (χ2v) is 16.2. The lowest BCUT2D eigenvalue weighted by molar-refractivity contribution is 0.669. The molecule has 0 unspecified atom stereocenters. The number of para-hydroxylation sites is 2. The third-order valence-electron chi connectivity index (χ3n) is 11.5. The molecule has 0 atom stereocenters. The van der Waals surface area contributed by atoms with Gasteiger partial charge in [0.15, 0.2) is 17.5 Å². The van der Waals surface area contributed by atoms with Crippen LogP contribution in [-0.2, 0) is 0 Å². The van der Waals surface area contributed by atoms with Gasteiger partial charge in [-0.25, -0.2) is 15.0 Å². The molecular weight excluding hydrogens is 765 g/mol. The summed E-state index contributed by atoms with van der Waals surface area (Å²) in [5, 5.41) is 7.06. The Kier molecular flexibility index (Phi) is 8.28. The molecule has 0 radical (unpaired) electrons. The first kappa shape index (κ1) is 35.1. The molecule has 3 heterocycles. The highest BCUT2D eigenvalue weighted by molar-refractivity contribution is 7.26. The summed E-state index contributed by atoms with van der Waals surface area (Å²) in [6, 6.07) is 72.2. The molecule has 0 N–H and O–H groups in total. The molecule has 0 saturated heterocycles. The zero-order valence-electron chi connectivity index (χ0n) is 32.7. The molecule has 5 nitrogen and oxygen atoms in total. The number of anilines is 3. The number of rotatable bonds is 7. The number of benzene rings is 9. The molecule has 0 saturated carbocycles. The Hall–Kier alpha value is -7.93. The fourth-order valence-electron chi connectivity index (χ4n) is 8.58. The lowest BCUT2D eigenvalue weighted by Crippen LogP contribution is -2.09. The summed E-state index contributed by atoms with van der Waals surface area (Å²) in [7, 11) is 0. The van der Waals surface area contributed by atoms with Crippen LogP contribution in [0.1, 0.15) is 0 Å². The Morgan fingerprint density at radius 3 is 1.59 bits per heavy atom. The van der Waals surface area contributed by atoms with Gasteiger partial charge in [-0.3, -0.25) is 0 Å². The standard InChI is InChI=1S/C55H34N4OS/c1-4-14-36(15-5-1)53-56-54(37-16-6-2-7-17-37)58-55(57-53)38-26-30-42-46(34-48-45-21-11-13-23-51(45)61-52(48)47(42)32-38)35-24-27-40(28-25-35)59(39-18-8-3-9-19-39)41-29-31-44-43-20-10-12-22-49(43)60-50(44)33-41/h1-34H. The van der Waals surface area contributed by atoms with Gasteiger partial charge in [-0.15, -0.1) is 11.3 Å². The van der Waals surface area contributed by atoms with Crippen LogP contribution < -0.4 is 4.90 Å². The predicted octanol–water partition coefficient (Wildman–Crippen LogP) is 15.4. The van der Waals surface area contributed by atoms with Crippen molar-refractivity contribution in [3.05, 3.63) is 206 Å². The average molecular weight is 799 g/mol. The smallest absolute Gasteiger partial charge is 0.164 e. The van der Waals surface area contributed by atoms with Crippen molar-refractivity contribution in [2.45, 2.75) is 0 Å². The molecule has 6 heteroatoms. The second-order valence-electron chi connectivity index (χ2n) is 15.2. The summed E-state index contributed by atoms with van der Waals surface area (Å²) in [5.41, 5.74) is 10.0. The van der Waals surface area contributed by atoms with E-state index in [0.717, 1.165) is 61.3 Å². The molecule has 0 aliphatic carbocycles. The van der Waals surface area contributed by atoms with Crippen molar-refractivity contribution in [3.63, 3.8) is 0 Å². The minimum Gasteiger partial charge on any atom is -0.456 e. The third kappa shape index (κ3) is 6.12. The van der Waals surface area contributed by atoms with Gasteiger partial charge in [0.2, 0.25) is 0 Å². The van der Waals surface area contributed by atoms with Crippen LogP contribution in [0.3, 0.4) is 0 Å². The Balaban J connectivity index is 1.01. The highest BCUT2D eigenvalue weighted by Gasteiger charge is 2.19. The molecule has 61 heavy (non-hydrogen) atoms. The number of thiophene rings is 1. The van der Waals surface area contributed by atoms with Gasteiger partial charge in [0, 0.05) is 76.1 Å². The lowest BCUT2D eigenvalue weighted by atomic mass is 9.94. The zero-order chi connectivity index (χ0) is 40.3. The van der Waals surface area contributed by atoms with Gasteiger partial charge in [-0.2, -0.15) is 0 Å². The highest BCUT2D eigenvalue weighted by Crippen LogP contribution is 2.45. The first-order valence-corrected chi connectivity index (χ1v) is 21.2. The monoisotopic (exact) mass is 798 g/mol. The normalized spacial score (nSPS) is 11.6. The van der Waals surface area contributed by atoms with Crippen LogP contribution in [0.5, 0.6) is 0 Å². The van der Waals surface area contributed by atoms with Gasteiger partial charge < -0.3 is 9.32 Å². The van der Waals surface area contributed by atoms with Gasteiger partial charge >= 0.3 is 0 Å². The largest absolute Gasteiger partial charge is 0.456 e. The molecule has 0 amide bonds. The topological polar surface area (TPSA) is 55.1 Å². The minimum absolute atomic E-state index is 0.639. The molecule has 12 rings (SSSR count). The number of furan rings is 1. The van der Waals surface area contributed by atoms with Crippen molar-refractivity contribution >= 4 is 81.3 Å². The van der Waals surface area contributed by atoms with Crippen LogP contribution >= 0.6 is 11.3 Å². The summed E-state index contributed by atoms with van der Waals surface area (Å²) in [4.78, 5) is 17.4. The Morgan fingerprint density at radius 2 is 0.869 bits per heavy atom. The number of hydrogen-bond donors (Lipinski definition) is 0. The Morgan fingerprint density at radius 1 is 0.344 bits per heavy atom. The van der Waals surface area contributed by atoms with Gasteiger partial charge in [0.25, 0.3) is 0 Å². The van der Waals surface area contributed by atoms with E-state index in [1.165, 1.54) is 36.5 Å². The average Bonchev–Trinajstić information content (AvgIpc) is 3.90. The maximum absolute atomic E-state index is 6.34. The summed E-state index contributed by atoms with van der Waals surface area (Å²) >= 11 is 1.83. The van der Waals surface area contributed by atoms with E-state index in [0.29, 0.717) is 17.5 Å². The summed E-state index contributed by atoms with van der Waals surface area (Å²) in [5.74, 6) is 1.93. The highest BCUT2D eigenvalue weighted by atomic mass is 32.1. The summed E-state index contributed by atoms with van der Waals surface area (Å²) in [6.07, 6.45) is 0. The first-order valence-electron chi connectivity index (χ1n) is 20.3. The number of hydrogen-bond acceptors (Lipinski definition) is 6. The molecule has 3 aromatic heterocycles. The lowest BCUT2D eigenvalue weighted by Gasteiger charge is -2.25. The van der Waals surface area contributed by atoms with Crippen LogP contribution in [0.15, 0.2) is 211 Å². The zero-order valence-corrected chi connectivity index (χ0v) is 33.6. The third-order valence-corrected chi connectivity index (χ3v) is 12.7. The van der Waals surface area contributed by atoms with Crippen LogP contribution in [0, 0.1) is 0 Å². The van der Waals surface area contributed by atoms with Crippen molar-refractivity contribution in [2.75, 3.05) is 4.90 Å². The number of aromatic nitrogens is 3. The fraction of sp³-hybridized carbons (Fsp3) is 0. The van der Waals surface area contributed by atoms with Crippen molar-refractivity contribution < 1.29 is 4.42 Å². The fourth-order valence-corrected chi connectivity index (χ4v) is 9.79. The van der Waals surface area contributed by atoms with Gasteiger partial charge in [0.05, 0.1) is 0 Å². The molecule has 0 aliphatic heterocycles. The molecule has 9 aromatic carbocycles. The molecule has 0 aliphatic rings. The molecule has 0 bridgehead atoms. The molecular formula is C55H34N4OS. The van der Waals surface area contributed by atoms with E-state index >= 15 is 0 Å². The molecule has 0 spiro atoms. The molecule has 0 fully saturated rings. The molecule has 286 valence electrons. The van der Waals surface area contributed by atoms with Gasteiger partial charge in [-0.05, 0) is 77.2 Å². The van der Waals surface area contributed by atoms with Crippen molar-refractivity contribution in [1.82, 2.24) is 15.0 Å². The molecule has 12 aromatic rings. The maximum atomic E-state index is 6.34. The summed E-state index contributed by atoms with van der Waals surface area (Å²) < 4.78 is 8.85. The second kappa shape index (κ2) is 14.4. The van der Waals surface area contributed by atoms with Crippen LogP contribution in [-0.4, -0.2) is 15.0 Å². The number of nitrogens with zero attached hydrogens (tertiary/aromatic N) is 4. The Labute approximate surface area is 355 Å². The van der Waals surface area contributed by atoms with E-state index in [9.17, 15) is 0 Å².